The molecule has 0 spiro atoms. The Balaban J connectivity index is 1.78. The highest BCUT2D eigenvalue weighted by Gasteiger charge is 2.17. The van der Waals surface area contributed by atoms with Crippen molar-refractivity contribution in [1.29, 1.82) is 0 Å². The topological polar surface area (TPSA) is 111 Å². The molecule has 0 aliphatic carbocycles. The number of hydrogen-bond acceptors (Lipinski definition) is 7. The van der Waals surface area contributed by atoms with Crippen LogP contribution in [-0.2, 0) is 24.3 Å². The van der Waals surface area contributed by atoms with E-state index in [4.69, 9.17) is 21.1 Å². The van der Waals surface area contributed by atoms with Crippen molar-refractivity contribution in [1.82, 2.24) is 4.72 Å². The van der Waals surface area contributed by atoms with E-state index in [-0.39, 0.29) is 4.21 Å². The molecule has 0 bridgehead atoms. The molecule has 0 saturated heterocycles. The van der Waals surface area contributed by atoms with Crippen molar-refractivity contribution >= 4 is 50.5 Å². The van der Waals surface area contributed by atoms with Crippen LogP contribution < -0.4 is 14.8 Å². The Kier molecular flexibility index (Phi) is 6.98. The Bertz CT molecular complexity index is 884. The normalized spacial score (nSPS) is 11.0. The van der Waals surface area contributed by atoms with Crippen LogP contribution in [0.1, 0.15) is 0 Å². The van der Waals surface area contributed by atoms with Crippen molar-refractivity contribution in [3.63, 3.8) is 0 Å². The molecule has 0 saturated carbocycles. The molecular formula is C15H15ClN2O6S2. The number of nitrogens with one attached hydrogen (secondary N) is 2. The van der Waals surface area contributed by atoms with Gasteiger partial charge in [0.15, 0.2) is 6.61 Å². The molecule has 0 aliphatic rings. The van der Waals surface area contributed by atoms with E-state index in [0.717, 1.165) is 11.3 Å². The van der Waals surface area contributed by atoms with E-state index in [1.54, 1.807) is 23.6 Å². The van der Waals surface area contributed by atoms with E-state index >= 15 is 0 Å². The number of carbonyl (C=O) groups excluding carboxylic acids is 2. The van der Waals surface area contributed by atoms with E-state index in [2.05, 4.69) is 10.0 Å². The molecule has 1 heterocycles. The van der Waals surface area contributed by atoms with Gasteiger partial charge in [-0.05, 0) is 29.6 Å². The molecule has 1 aromatic heterocycles. The van der Waals surface area contributed by atoms with E-state index in [1.807, 2.05) is 0 Å². The Morgan fingerprint density at radius 1 is 1.27 bits per heavy atom. The summed E-state index contributed by atoms with van der Waals surface area (Å²) in [5.74, 6) is -1.03. The van der Waals surface area contributed by atoms with Crippen molar-refractivity contribution in [3.8, 4) is 5.75 Å². The molecule has 140 valence electrons. The molecule has 2 N–H and O–H groups in total. The van der Waals surface area contributed by atoms with E-state index in [1.165, 1.54) is 19.2 Å². The summed E-state index contributed by atoms with van der Waals surface area (Å²) in [5.41, 5.74) is 0.398. The second-order valence-electron chi connectivity index (χ2n) is 4.81. The van der Waals surface area contributed by atoms with Gasteiger partial charge >= 0.3 is 5.97 Å². The molecule has 1 amide bonds. The van der Waals surface area contributed by atoms with Crippen molar-refractivity contribution in [2.45, 2.75) is 4.21 Å². The minimum atomic E-state index is -3.77. The first-order chi connectivity index (χ1) is 12.3. The molecule has 8 nitrogen and oxygen atoms in total. The van der Waals surface area contributed by atoms with Crippen LogP contribution in [0, 0.1) is 0 Å². The predicted octanol–water partition coefficient (Wildman–Crippen LogP) is 1.87. The summed E-state index contributed by atoms with van der Waals surface area (Å²) in [7, 11) is -2.31. The van der Waals surface area contributed by atoms with Gasteiger partial charge < -0.3 is 14.8 Å². The van der Waals surface area contributed by atoms with E-state index < -0.39 is 35.1 Å². The van der Waals surface area contributed by atoms with Gasteiger partial charge in [-0.3, -0.25) is 9.59 Å². The number of benzene rings is 1. The quantitative estimate of drug-likeness (QED) is 0.633. The minimum Gasteiger partial charge on any atom is -0.495 e. The lowest BCUT2D eigenvalue weighted by Gasteiger charge is -2.09. The number of rotatable bonds is 8. The van der Waals surface area contributed by atoms with Crippen LogP contribution in [0.5, 0.6) is 5.75 Å². The number of halogens is 1. The highest BCUT2D eigenvalue weighted by atomic mass is 35.5. The minimum absolute atomic E-state index is 0.0828. The molecular weight excluding hydrogens is 404 g/mol. The van der Waals surface area contributed by atoms with Gasteiger partial charge in [-0.1, -0.05) is 17.7 Å². The lowest BCUT2D eigenvalue weighted by atomic mass is 10.3. The van der Waals surface area contributed by atoms with Crippen molar-refractivity contribution in [2.24, 2.45) is 0 Å². The molecule has 0 unspecified atom stereocenters. The summed E-state index contributed by atoms with van der Waals surface area (Å²) >= 11 is 6.96. The number of methoxy groups -OCH3 is 1. The van der Waals surface area contributed by atoms with Gasteiger partial charge in [-0.15, -0.1) is 11.3 Å². The average molecular weight is 419 g/mol. The molecule has 0 radical (unpaired) electrons. The Labute approximate surface area is 159 Å². The molecule has 0 aliphatic heterocycles. The molecule has 1 aromatic carbocycles. The number of carbonyl (C=O) groups is 2. The smallest absolute Gasteiger partial charge is 0.321 e. The highest BCUT2D eigenvalue weighted by molar-refractivity contribution is 7.91. The zero-order chi connectivity index (χ0) is 19.2. The van der Waals surface area contributed by atoms with Gasteiger partial charge in [0.1, 0.15) is 16.5 Å². The monoisotopic (exact) mass is 418 g/mol. The van der Waals surface area contributed by atoms with Crippen LogP contribution in [0.3, 0.4) is 0 Å². The number of thiophene rings is 1. The molecule has 2 rings (SSSR count). The molecule has 0 fully saturated rings. The number of ether oxygens (including phenoxy) is 2. The number of anilines is 1. The highest BCUT2D eigenvalue weighted by Crippen LogP contribution is 2.27. The van der Waals surface area contributed by atoms with Gasteiger partial charge in [-0.25, -0.2) is 8.42 Å². The van der Waals surface area contributed by atoms with Crippen LogP contribution in [0.25, 0.3) is 0 Å². The fourth-order valence-electron chi connectivity index (χ4n) is 1.78. The maximum absolute atomic E-state index is 11.9. The lowest BCUT2D eigenvalue weighted by molar-refractivity contribution is -0.146. The van der Waals surface area contributed by atoms with Crippen molar-refractivity contribution in [2.75, 3.05) is 25.6 Å². The fourth-order valence-corrected chi connectivity index (χ4v) is 4.04. The first kappa shape index (κ1) is 20.2. The summed E-state index contributed by atoms with van der Waals surface area (Å²) in [6, 6.07) is 7.61. The summed E-state index contributed by atoms with van der Waals surface area (Å²) < 4.78 is 35.6. The molecule has 11 heteroatoms. The van der Waals surface area contributed by atoms with Crippen molar-refractivity contribution in [3.05, 3.63) is 40.7 Å². The second kappa shape index (κ2) is 8.99. The van der Waals surface area contributed by atoms with Crippen LogP contribution >= 0.6 is 22.9 Å². The van der Waals surface area contributed by atoms with E-state index in [0.29, 0.717) is 16.5 Å². The first-order valence-electron chi connectivity index (χ1n) is 7.14. The zero-order valence-corrected chi connectivity index (χ0v) is 15.9. The van der Waals surface area contributed by atoms with Gasteiger partial charge in [0.25, 0.3) is 15.9 Å². The predicted molar refractivity (Wildman–Crippen MR) is 97.1 cm³/mol. The van der Waals surface area contributed by atoms with Gasteiger partial charge in [0, 0.05) is 5.69 Å². The standard InChI is InChI=1S/C15H15ClN2O6S2/c1-23-12-5-4-10(7-11(12)16)18-13(19)9-24-14(20)8-17-26(21,22)15-3-2-6-25-15/h2-7,17H,8-9H2,1H3,(H,18,19). The Morgan fingerprint density at radius 2 is 2.04 bits per heavy atom. The number of sulfonamides is 1. The SMILES string of the molecule is COc1ccc(NC(=O)COC(=O)CNS(=O)(=O)c2cccs2)cc1Cl. The van der Waals surface area contributed by atoms with Crippen LogP contribution in [-0.4, -0.2) is 40.6 Å². The Morgan fingerprint density at radius 3 is 2.65 bits per heavy atom. The number of hydrogen-bond donors (Lipinski definition) is 2. The third kappa shape index (κ3) is 5.70. The van der Waals surface area contributed by atoms with Crippen molar-refractivity contribution < 1.29 is 27.5 Å². The Hall–Kier alpha value is -2.14. The number of amides is 1. The third-order valence-corrected chi connectivity index (χ3v) is 6.06. The fraction of sp³-hybridized carbons (Fsp3) is 0.200. The molecule has 0 atom stereocenters. The van der Waals surface area contributed by atoms with Crippen LogP contribution in [0.2, 0.25) is 5.02 Å². The molecule has 2 aromatic rings. The second-order valence-corrected chi connectivity index (χ2v) is 8.16. The average Bonchev–Trinajstić information content (AvgIpc) is 3.14. The summed E-state index contributed by atoms with van der Waals surface area (Å²) in [6.45, 7) is -1.15. The zero-order valence-electron chi connectivity index (χ0n) is 13.5. The van der Waals surface area contributed by atoms with Crippen LogP contribution in [0.4, 0.5) is 5.69 Å². The largest absolute Gasteiger partial charge is 0.495 e. The lowest BCUT2D eigenvalue weighted by Crippen LogP contribution is -2.32. The summed E-state index contributed by atoms with van der Waals surface area (Å²) in [4.78, 5) is 23.4. The molecule has 26 heavy (non-hydrogen) atoms. The third-order valence-electron chi connectivity index (χ3n) is 2.97. The maximum atomic E-state index is 11.9. The first-order valence-corrected chi connectivity index (χ1v) is 9.88. The van der Waals surface area contributed by atoms with Gasteiger partial charge in [0.2, 0.25) is 0 Å². The van der Waals surface area contributed by atoms with Gasteiger partial charge in [-0.2, -0.15) is 4.72 Å². The summed E-state index contributed by atoms with van der Waals surface area (Å²) in [6.07, 6.45) is 0. The van der Waals surface area contributed by atoms with Crippen LogP contribution in [0.15, 0.2) is 39.9 Å². The number of esters is 1. The van der Waals surface area contributed by atoms with Gasteiger partial charge in [0.05, 0.1) is 12.1 Å². The summed E-state index contributed by atoms with van der Waals surface area (Å²) in [5, 5.41) is 4.40. The van der Waals surface area contributed by atoms with E-state index in [9.17, 15) is 18.0 Å². The maximum Gasteiger partial charge on any atom is 0.321 e.